The van der Waals surface area contributed by atoms with E-state index < -0.39 is 10.0 Å². The van der Waals surface area contributed by atoms with E-state index in [0.717, 1.165) is 4.88 Å². The van der Waals surface area contributed by atoms with Crippen molar-refractivity contribution in [1.82, 2.24) is 4.72 Å². The maximum atomic E-state index is 12.1. The highest BCUT2D eigenvalue weighted by molar-refractivity contribution is 9.11. The van der Waals surface area contributed by atoms with Crippen LogP contribution in [0.2, 0.25) is 0 Å². The van der Waals surface area contributed by atoms with Gasteiger partial charge in [0.05, 0.1) is 3.79 Å². The van der Waals surface area contributed by atoms with Crippen molar-refractivity contribution in [2.45, 2.75) is 31.7 Å². The number of halogens is 1. The van der Waals surface area contributed by atoms with E-state index in [1.54, 1.807) is 6.07 Å². The minimum Gasteiger partial charge on any atom is -0.381 e. The van der Waals surface area contributed by atoms with Crippen LogP contribution in [0.5, 0.6) is 0 Å². The quantitative estimate of drug-likeness (QED) is 0.640. The fourth-order valence-electron chi connectivity index (χ4n) is 1.46. The van der Waals surface area contributed by atoms with Crippen molar-refractivity contribution in [2.24, 2.45) is 11.7 Å². The van der Waals surface area contributed by atoms with Gasteiger partial charge in [-0.05, 0) is 34.3 Å². The van der Waals surface area contributed by atoms with Crippen LogP contribution >= 0.6 is 27.3 Å². The molecule has 8 heteroatoms. The average Bonchev–Trinajstić information content (AvgIpc) is 2.75. The van der Waals surface area contributed by atoms with Gasteiger partial charge in [-0.1, -0.05) is 13.8 Å². The Morgan fingerprint density at radius 3 is 2.75 bits per heavy atom. The van der Waals surface area contributed by atoms with Gasteiger partial charge in [0.15, 0.2) is 0 Å². The van der Waals surface area contributed by atoms with Gasteiger partial charge in [0.2, 0.25) is 10.0 Å². The summed E-state index contributed by atoms with van der Waals surface area (Å²) in [5.74, 6) is 0.489. The Morgan fingerprint density at radius 1 is 1.50 bits per heavy atom. The lowest BCUT2D eigenvalue weighted by Gasteiger charge is -2.08. The summed E-state index contributed by atoms with van der Waals surface area (Å²) in [6, 6.07) is 1.60. The second-order valence-electron chi connectivity index (χ2n) is 4.77. The number of rotatable bonds is 9. The van der Waals surface area contributed by atoms with Crippen molar-refractivity contribution < 1.29 is 13.2 Å². The molecular formula is C12H21BrN2O3S2. The second kappa shape index (κ2) is 8.45. The molecule has 0 unspecified atom stereocenters. The lowest BCUT2D eigenvalue weighted by Crippen LogP contribution is -2.25. The highest BCUT2D eigenvalue weighted by atomic mass is 79.9. The van der Waals surface area contributed by atoms with E-state index >= 15 is 0 Å². The van der Waals surface area contributed by atoms with Gasteiger partial charge in [-0.15, -0.1) is 11.3 Å². The summed E-state index contributed by atoms with van der Waals surface area (Å²) in [7, 11) is -3.48. The van der Waals surface area contributed by atoms with Crippen LogP contribution in [0.1, 0.15) is 25.1 Å². The lowest BCUT2D eigenvalue weighted by molar-refractivity contribution is 0.108. The molecule has 0 radical (unpaired) electrons. The van der Waals surface area contributed by atoms with Crippen LogP contribution in [0.3, 0.4) is 0 Å². The van der Waals surface area contributed by atoms with Crippen molar-refractivity contribution in [1.29, 1.82) is 0 Å². The average molecular weight is 385 g/mol. The van der Waals surface area contributed by atoms with Crippen molar-refractivity contribution in [2.75, 3.05) is 19.8 Å². The number of hydrogen-bond acceptors (Lipinski definition) is 5. The number of thiophene rings is 1. The Bertz CT molecular complexity index is 515. The van der Waals surface area contributed by atoms with Crippen LogP contribution in [0.4, 0.5) is 0 Å². The topological polar surface area (TPSA) is 81.4 Å². The van der Waals surface area contributed by atoms with Crippen LogP contribution in [0, 0.1) is 5.92 Å². The van der Waals surface area contributed by atoms with Gasteiger partial charge >= 0.3 is 0 Å². The molecule has 1 aromatic rings. The number of nitrogens with one attached hydrogen (secondary N) is 1. The first kappa shape index (κ1) is 18.1. The molecule has 20 heavy (non-hydrogen) atoms. The molecule has 0 amide bonds. The van der Waals surface area contributed by atoms with E-state index in [-0.39, 0.29) is 4.90 Å². The Labute approximate surface area is 133 Å². The zero-order valence-corrected chi connectivity index (χ0v) is 14.9. The summed E-state index contributed by atoms with van der Waals surface area (Å²) in [5.41, 5.74) is 5.51. The first-order valence-corrected chi connectivity index (χ1v) is 9.51. The van der Waals surface area contributed by atoms with Crippen molar-refractivity contribution in [3.8, 4) is 0 Å². The molecule has 0 saturated carbocycles. The monoisotopic (exact) mass is 384 g/mol. The SMILES string of the molecule is CC(C)COCCCNS(=O)(=O)c1cc(CN)sc1Br. The van der Waals surface area contributed by atoms with Gasteiger partial charge in [0.1, 0.15) is 4.90 Å². The van der Waals surface area contributed by atoms with Crippen molar-refractivity contribution in [3.05, 3.63) is 14.7 Å². The first-order valence-electron chi connectivity index (χ1n) is 6.42. The zero-order chi connectivity index (χ0) is 15.2. The largest absolute Gasteiger partial charge is 0.381 e. The van der Waals surface area contributed by atoms with E-state index in [4.69, 9.17) is 10.5 Å². The number of hydrogen-bond donors (Lipinski definition) is 2. The molecule has 0 aliphatic heterocycles. The molecule has 116 valence electrons. The van der Waals surface area contributed by atoms with Crippen LogP contribution < -0.4 is 10.5 Å². The number of nitrogens with two attached hydrogens (primary N) is 1. The fraction of sp³-hybridized carbons (Fsp3) is 0.667. The molecule has 0 spiro atoms. The predicted molar refractivity (Wildman–Crippen MR) is 85.4 cm³/mol. The summed E-state index contributed by atoms with van der Waals surface area (Å²) in [4.78, 5) is 1.09. The highest BCUT2D eigenvalue weighted by Gasteiger charge is 2.19. The standard InChI is InChI=1S/C12H21BrN2O3S2/c1-9(2)8-18-5-3-4-15-20(16,17)11-6-10(7-14)19-12(11)13/h6,9,15H,3-5,7-8,14H2,1-2H3. The minimum absolute atomic E-state index is 0.256. The van der Waals surface area contributed by atoms with Gasteiger partial charge in [-0.25, -0.2) is 13.1 Å². The molecule has 1 heterocycles. The van der Waals surface area contributed by atoms with Crippen molar-refractivity contribution >= 4 is 37.3 Å². The molecule has 0 saturated heterocycles. The Kier molecular flexibility index (Phi) is 7.63. The summed E-state index contributed by atoms with van der Waals surface area (Å²) in [5, 5.41) is 0. The van der Waals surface area contributed by atoms with E-state index in [2.05, 4.69) is 34.5 Å². The molecule has 5 nitrogen and oxygen atoms in total. The third-order valence-corrected chi connectivity index (χ3v) is 6.14. The highest BCUT2D eigenvalue weighted by Crippen LogP contribution is 2.31. The third kappa shape index (κ3) is 5.79. The maximum absolute atomic E-state index is 12.1. The molecule has 3 N–H and O–H groups in total. The normalized spacial score (nSPS) is 12.2. The second-order valence-corrected chi connectivity index (χ2v) is 8.96. The van der Waals surface area contributed by atoms with Gasteiger partial charge in [-0.3, -0.25) is 0 Å². The van der Waals surface area contributed by atoms with Crippen molar-refractivity contribution in [3.63, 3.8) is 0 Å². The van der Waals surface area contributed by atoms with E-state index in [1.807, 2.05) is 0 Å². The van der Waals surface area contributed by atoms with Gasteiger partial charge in [0.25, 0.3) is 0 Å². The van der Waals surface area contributed by atoms with Crippen LogP contribution in [-0.2, 0) is 21.3 Å². The molecule has 0 aliphatic carbocycles. The van der Waals surface area contributed by atoms with E-state index in [1.165, 1.54) is 11.3 Å². The molecule has 0 fully saturated rings. The molecule has 0 aliphatic rings. The molecule has 0 aromatic carbocycles. The molecule has 0 atom stereocenters. The molecule has 1 rings (SSSR count). The molecule has 1 aromatic heterocycles. The summed E-state index contributed by atoms with van der Waals surface area (Å²) in [6.45, 7) is 6.10. The van der Waals surface area contributed by atoms with Crippen LogP contribution in [0.15, 0.2) is 14.7 Å². The molecular weight excluding hydrogens is 364 g/mol. The Hall–Kier alpha value is 0.01000. The van der Waals surface area contributed by atoms with Gasteiger partial charge in [0, 0.05) is 31.2 Å². The predicted octanol–water partition coefficient (Wildman–Crippen LogP) is 2.31. The van der Waals surface area contributed by atoms with Gasteiger partial charge < -0.3 is 10.5 Å². The fourth-order valence-corrected chi connectivity index (χ4v) is 5.09. The number of ether oxygens (including phenoxy) is 1. The maximum Gasteiger partial charge on any atom is 0.242 e. The van der Waals surface area contributed by atoms with Gasteiger partial charge in [-0.2, -0.15) is 0 Å². The summed E-state index contributed by atoms with van der Waals surface area (Å²) in [6.07, 6.45) is 0.650. The summed E-state index contributed by atoms with van der Waals surface area (Å²) < 4.78 is 32.8. The third-order valence-electron chi connectivity index (χ3n) is 2.41. The Morgan fingerprint density at radius 2 is 2.20 bits per heavy atom. The Balaban J connectivity index is 2.43. The minimum atomic E-state index is -3.48. The zero-order valence-electron chi connectivity index (χ0n) is 11.7. The van der Waals surface area contributed by atoms with E-state index in [0.29, 0.717) is 42.4 Å². The van der Waals surface area contributed by atoms with Crippen LogP contribution in [-0.4, -0.2) is 28.2 Å². The number of sulfonamides is 1. The van der Waals surface area contributed by atoms with Crippen LogP contribution in [0.25, 0.3) is 0 Å². The first-order chi connectivity index (χ1) is 9.36. The smallest absolute Gasteiger partial charge is 0.242 e. The lowest BCUT2D eigenvalue weighted by atomic mass is 10.2. The van der Waals surface area contributed by atoms with E-state index in [9.17, 15) is 8.42 Å². The summed E-state index contributed by atoms with van der Waals surface area (Å²) >= 11 is 4.60. The molecule has 0 bridgehead atoms.